The van der Waals surface area contributed by atoms with Crippen LogP contribution in [0.1, 0.15) is 66.1 Å². The number of aromatic nitrogens is 4. The highest BCUT2D eigenvalue weighted by atomic mass is 16.5. The molecule has 3 aromatic rings. The summed E-state index contributed by atoms with van der Waals surface area (Å²) in [5.41, 5.74) is 3.45. The maximum Gasteiger partial charge on any atom is 0.259 e. The fourth-order valence-electron chi connectivity index (χ4n) is 3.01. The number of nitrogens with zero attached hydrogens (tertiary/aromatic N) is 4. The number of carbonyl (C=O) groups is 1. The van der Waals surface area contributed by atoms with Gasteiger partial charge in [-0.1, -0.05) is 5.16 Å². The molecule has 1 aliphatic carbocycles. The summed E-state index contributed by atoms with van der Waals surface area (Å²) < 4.78 is 7.15. The largest absolute Gasteiger partial charge is 0.344 e. The average molecular weight is 339 g/mol. The van der Waals surface area contributed by atoms with Gasteiger partial charge in [0.15, 0.2) is 0 Å². The molecule has 0 aliphatic heterocycles. The molecule has 1 aliphatic rings. The van der Waals surface area contributed by atoms with E-state index in [4.69, 9.17) is 4.52 Å². The molecule has 4 rings (SSSR count). The number of amides is 1. The van der Waals surface area contributed by atoms with Crippen LogP contribution in [0.5, 0.6) is 0 Å². The molecule has 0 unspecified atom stereocenters. The minimum atomic E-state index is -0.187. The SMILES string of the molecule is CCn1ccc([C@@H](C)NC(=O)c2cc(C3CC3)nc3onc(C)c23)n1. The summed E-state index contributed by atoms with van der Waals surface area (Å²) in [7, 11) is 0. The Balaban J connectivity index is 1.65. The lowest BCUT2D eigenvalue weighted by atomic mass is 10.1. The predicted molar refractivity (Wildman–Crippen MR) is 92.3 cm³/mol. The topological polar surface area (TPSA) is 85.8 Å². The first-order chi connectivity index (χ1) is 12.1. The molecule has 1 atom stereocenters. The Morgan fingerprint density at radius 3 is 2.96 bits per heavy atom. The molecule has 3 aromatic heterocycles. The summed E-state index contributed by atoms with van der Waals surface area (Å²) in [6, 6.07) is 3.63. The van der Waals surface area contributed by atoms with Crippen LogP contribution in [0.25, 0.3) is 11.1 Å². The Labute approximate surface area is 145 Å². The zero-order valence-electron chi connectivity index (χ0n) is 14.6. The summed E-state index contributed by atoms with van der Waals surface area (Å²) in [5, 5.41) is 12.2. The predicted octanol–water partition coefficient (Wildman–Crippen LogP) is 3.12. The molecule has 130 valence electrons. The second kappa shape index (κ2) is 5.98. The van der Waals surface area contributed by atoms with Gasteiger partial charge in [0, 0.05) is 24.4 Å². The van der Waals surface area contributed by atoms with Crippen molar-refractivity contribution in [3.05, 3.63) is 41.0 Å². The summed E-state index contributed by atoms with van der Waals surface area (Å²) in [5.74, 6) is 0.276. The van der Waals surface area contributed by atoms with Gasteiger partial charge in [-0.3, -0.25) is 9.48 Å². The van der Waals surface area contributed by atoms with Crippen LogP contribution >= 0.6 is 0 Å². The van der Waals surface area contributed by atoms with Crippen molar-refractivity contribution in [1.29, 1.82) is 0 Å². The molecule has 25 heavy (non-hydrogen) atoms. The van der Waals surface area contributed by atoms with Gasteiger partial charge in [-0.2, -0.15) is 5.10 Å². The Bertz CT molecular complexity index is 938. The zero-order valence-corrected chi connectivity index (χ0v) is 14.6. The number of nitrogens with one attached hydrogen (secondary N) is 1. The van der Waals surface area contributed by atoms with E-state index >= 15 is 0 Å². The highest BCUT2D eigenvalue weighted by Crippen LogP contribution is 2.40. The van der Waals surface area contributed by atoms with E-state index in [0.29, 0.717) is 28.3 Å². The van der Waals surface area contributed by atoms with Crippen molar-refractivity contribution >= 4 is 17.0 Å². The summed E-state index contributed by atoms with van der Waals surface area (Å²) >= 11 is 0. The third-order valence-electron chi connectivity index (χ3n) is 4.65. The number of pyridine rings is 1. The van der Waals surface area contributed by atoms with Crippen LogP contribution in [-0.4, -0.2) is 25.8 Å². The van der Waals surface area contributed by atoms with Gasteiger partial charge in [0.1, 0.15) is 0 Å². The van der Waals surface area contributed by atoms with Crippen molar-refractivity contribution in [2.75, 3.05) is 0 Å². The molecule has 3 heterocycles. The molecule has 1 saturated carbocycles. The summed E-state index contributed by atoms with van der Waals surface area (Å²) in [4.78, 5) is 17.4. The fraction of sp³-hybridized carbons (Fsp3) is 0.444. The fourth-order valence-corrected chi connectivity index (χ4v) is 3.01. The zero-order chi connectivity index (χ0) is 17.6. The monoisotopic (exact) mass is 339 g/mol. The number of rotatable bonds is 5. The molecule has 0 radical (unpaired) electrons. The van der Waals surface area contributed by atoms with Crippen LogP contribution in [0, 0.1) is 6.92 Å². The molecule has 1 N–H and O–H groups in total. The van der Waals surface area contributed by atoms with Gasteiger partial charge in [-0.15, -0.1) is 0 Å². The molecular weight excluding hydrogens is 318 g/mol. The van der Waals surface area contributed by atoms with Crippen molar-refractivity contribution in [3.8, 4) is 0 Å². The number of fused-ring (bicyclic) bond motifs is 1. The normalized spacial score (nSPS) is 15.5. The maximum atomic E-state index is 12.9. The van der Waals surface area contributed by atoms with Gasteiger partial charge < -0.3 is 9.84 Å². The molecule has 0 aromatic carbocycles. The van der Waals surface area contributed by atoms with Crippen LogP contribution in [0.2, 0.25) is 0 Å². The van der Waals surface area contributed by atoms with Gasteiger partial charge in [-0.25, -0.2) is 4.98 Å². The van der Waals surface area contributed by atoms with Gasteiger partial charge in [0.25, 0.3) is 11.6 Å². The van der Waals surface area contributed by atoms with E-state index < -0.39 is 0 Å². The Kier molecular flexibility index (Phi) is 3.78. The lowest BCUT2D eigenvalue weighted by molar-refractivity contribution is 0.0940. The van der Waals surface area contributed by atoms with E-state index in [1.807, 2.05) is 43.8 Å². The lowest BCUT2D eigenvalue weighted by Crippen LogP contribution is -2.27. The molecule has 7 heteroatoms. The first kappa shape index (κ1) is 15.8. The highest BCUT2D eigenvalue weighted by Gasteiger charge is 2.29. The van der Waals surface area contributed by atoms with Crippen molar-refractivity contribution in [1.82, 2.24) is 25.2 Å². The molecule has 7 nitrogen and oxygen atoms in total. The first-order valence-corrected chi connectivity index (χ1v) is 8.68. The maximum absolute atomic E-state index is 12.9. The van der Waals surface area contributed by atoms with Gasteiger partial charge in [0.05, 0.1) is 28.4 Å². The molecule has 1 amide bonds. The second-order valence-corrected chi connectivity index (χ2v) is 6.61. The smallest absolute Gasteiger partial charge is 0.259 e. The van der Waals surface area contributed by atoms with Crippen molar-refractivity contribution in [2.45, 2.75) is 52.1 Å². The van der Waals surface area contributed by atoms with Crippen LogP contribution in [0.4, 0.5) is 0 Å². The van der Waals surface area contributed by atoms with Crippen molar-refractivity contribution < 1.29 is 9.32 Å². The average Bonchev–Trinajstić information content (AvgIpc) is 3.23. The van der Waals surface area contributed by atoms with Gasteiger partial charge >= 0.3 is 0 Å². The minimum absolute atomic E-state index is 0.154. The van der Waals surface area contributed by atoms with E-state index in [0.717, 1.165) is 30.8 Å². The Morgan fingerprint density at radius 1 is 1.48 bits per heavy atom. The quantitative estimate of drug-likeness (QED) is 0.772. The van der Waals surface area contributed by atoms with Gasteiger partial charge in [0.2, 0.25) is 0 Å². The standard InChI is InChI=1S/C18H21N5O2/c1-4-23-8-7-14(21-23)10(2)19-17(24)13-9-15(12-5-6-12)20-18-16(13)11(3)22-25-18/h7-10,12H,4-6H2,1-3H3,(H,19,24)/t10-/m1/s1. The van der Waals surface area contributed by atoms with E-state index in [2.05, 4.69) is 20.6 Å². The molecule has 1 fully saturated rings. The van der Waals surface area contributed by atoms with Crippen LogP contribution in [0.15, 0.2) is 22.9 Å². The lowest BCUT2D eigenvalue weighted by Gasteiger charge is -2.13. The van der Waals surface area contributed by atoms with Crippen molar-refractivity contribution in [3.63, 3.8) is 0 Å². The summed E-state index contributed by atoms with van der Waals surface area (Å²) in [6.45, 7) is 6.59. The van der Waals surface area contributed by atoms with E-state index in [1.54, 1.807) is 0 Å². The third kappa shape index (κ3) is 2.90. The van der Waals surface area contributed by atoms with Crippen LogP contribution in [0.3, 0.4) is 0 Å². The number of hydrogen-bond acceptors (Lipinski definition) is 5. The number of hydrogen-bond donors (Lipinski definition) is 1. The van der Waals surface area contributed by atoms with E-state index in [-0.39, 0.29) is 11.9 Å². The van der Waals surface area contributed by atoms with Crippen LogP contribution in [-0.2, 0) is 6.54 Å². The first-order valence-electron chi connectivity index (χ1n) is 8.68. The molecular formula is C18H21N5O2. The number of aryl methyl sites for hydroxylation is 2. The summed E-state index contributed by atoms with van der Waals surface area (Å²) in [6.07, 6.45) is 4.13. The third-order valence-corrected chi connectivity index (χ3v) is 4.65. The van der Waals surface area contributed by atoms with E-state index in [9.17, 15) is 4.79 Å². The van der Waals surface area contributed by atoms with Crippen molar-refractivity contribution in [2.24, 2.45) is 0 Å². The Morgan fingerprint density at radius 2 is 2.28 bits per heavy atom. The second-order valence-electron chi connectivity index (χ2n) is 6.61. The molecule has 0 bridgehead atoms. The molecule has 0 saturated heterocycles. The number of carbonyl (C=O) groups excluding carboxylic acids is 1. The molecule has 0 spiro atoms. The Hall–Kier alpha value is -2.70. The minimum Gasteiger partial charge on any atom is -0.344 e. The van der Waals surface area contributed by atoms with Gasteiger partial charge in [-0.05, 0) is 45.7 Å². The highest BCUT2D eigenvalue weighted by molar-refractivity contribution is 6.06. The van der Waals surface area contributed by atoms with Crippen LogP contribution < -0.4 is 5.32 Å². The van der Waals surface area contributed by atoms with E-state index in [1.165, 1.54) is 0 Å².